The van der Waals surface area contributed by atoms with Gasteiger partial charge < -0.3 is 9.15 Å². The highest BCUT2D eigenvalue weighted by Crippen LogP contribution is 2.32. The lowest BCUT2D eigenvalue weighted by atomic mass is 10.1. The number of methoxy groups -OCH3 is 1. The SMILES string of the molecule is COc1ccc(-c2oc(-c3ccccc3)cc2C=O)cc1. The average Bonchev–Trinajstić information content (AvgIpc) is 3.00. The van der Waals surface area contributed by atoms with Gasteiger partial charge in [-0.15, -0.1) is 0 Å². The van der Waals surface area contributed by atoms with Crippen molar-refractivity contribution in [1.29, 1.82) is 0 Å². The highest BCUT2D eigenvalue weighted by molar-refractivity contribution is 5.87. The first-order valence-electron chi connectivity index (χ1n) is 6.60. The molecule has 1 aromatic heterocycles. The normalized spacial score (nSPS) is 10.3. The molecule has 3 aromatic rings. The molecule has 0 fully saturated rings. The molecule has 1 heterocycles. The number of hydrogen-bond acceptors (Lipinski definition) is 3. The lowest BCUT2D eigenvalue weighted by molar-refractivity contribution is 0.112. The topological polar surface area (TPSA) is 39.4 Å². The summed E-state index contributed by atoms with van der Waals surface area (Å²) in [5, 5.41) is 0. The minimum Gasteiger partial charge on any atom is -0.497 e. The van der Waals surface area contributed by atoms with Crippen LogP contribution in [0.2, 0.25) is 0 Å². The van der Waals surface area contributed by atoms with Crippen LogP contribution in [-0.2, 0) is 0 Å². The molecule has 0 saturated heterocycles. The number of hydrogen-bond donors (Lipinski definition) is 0. The number of carbonyl (C=O) groups excluding carboxylic acids is 1. The van der Waals surface area contributed by atoms with E-state index in [0.717, 1.165) is 23.2 Å². The number of ether oxygens (including phenoxy) is 1. The van der Waals surface area contributed by atoms with Crippen molar-refractivity contribution < 1.29 is 13.9 Å². The van der Waals surface area contributed by atoms with Crippen LogP contribution in [0.25, 0.3) is 22.6 Å². The molecule has 21 heavy (non-hydrogen) atoms. The van der Waals surface area contributed by atoms with Gasteiger partial charge in [-0.2, -0.15) is 0 Å². The Morgan fingerprint density at radius 1 is 0.952 bits per heavy atom. The van der Waals surface area contributed by atoms with Gasteiger partial charge in [0.1, 0.15) is 17.3 Å². The van der Waals surface area contributed by atoms with E-state index < -0.39 is 0 Å². The van der Waals surface area contributed by atoms with Crippen molar-refractivity contribution >= 4 is 6.29 Å². The third-order valence-electron chi connectivity index (χ3n) is 3.30. The Morgan fingerprint density at radius 2 is 1.67 bits per heavy atom. The first-order chi connectivity index (χ1) is 10.3. The van der Waals surface area contributed by atoms with Gasteiger partial charge >= 0.3 is 0 Å². The molecule has 3 heteroatoms. The number of furan rings is 1. The van der Waals surface area contributed by atoms with E-state index in [4.69, 9.17) is 9.15 Å². The standard InChI is InChI=1S/C18H14O3/c1-20-16-9-7-14(8-10-16)18-15(12-19)11-17(21-18)13-5-3-2-4-6-13/h2-12H,1H3. The summed E-state index contributed by atoms with van der Waals surface area (Å²) in [4.78, 5) is 11.3. The van der Waals surface area contributed by atoms with Crippen molar-refractivity contribution in [1.82, 2.24) is 0 Å². The molecule has 0 amide bonds. The quantitative estimate of drug-likeness (QED) is 0.662. The maximum absolute atomic E-state index is 11.3. The maximum Gasteiger partial charge on any atom is 0.153 e. The minimum absolute atomic E-state index is 0.541. The van der Waals surface area contributed by atoms with E-state index in [1.54, 1.807) is 13.2 Å². The van der Waals surface area contributed by atoms with Crippen molar-refractivity contribution in [2.45, 2.75) is 0 Å². The first kappa shape index (κ1) is 13.2. The van der Waals surface area contributed by atoms with Crippen LogP contribution in [0.4, 0.5) is 0 Å². The molecular weight excluding hydrogens is 264 g/mol. The van der Waals surface area contributed by atoms with Crippen molar-refractivity contribution in [2.75, 3.05) is 7.11 Å². The van der Waals surface area contributed by atoms with Crippen LogP contribution in [0.1, 0.15) is 10.4 Å². The monoisotopic (exact) mass is 278 g/mol. The van der Waals surface area contributed by atoms with Crippen molar-refractivity contribution in [2.24, 2.45) is 0 Å². The molecule has 0 bridgehead atoms. The van der Waals surface area contributed by atoms with Gasteiger partial charge in [-0.3, -0.25) is 4.79 Å². The van der Waals surface area contributed by atoms with E-state index in [1.807, 2.05) is 54.6 Å². The van der Waals surface area contributed by atoms with Gasteiger partial charge in [0.2, 0.25) is 0 Å². The Kier molecular flexibility index (Phi) is 3.56. The molecule has 0 N–H and O–H groups in total. The van der Waals surface area contributed by atoms with Crippen LogP contribution in [-0.4, -0.2) is 13.4 Å². The fourth-order valence-corrected chi connectivity index (χ4v) is 2.21. The lowest BCUT2D eigenvalue weighted by Gasteiger charge is -2.02. The van der Waals surface area contributed by atoms with Crippen molar-refractivity contribution in [3.8, 4) is 28.4 Å². The summed E-state index contributed by atoms with van der Waals surface area (Å²) in [6.45, 7) is 0. The fraction of sp³-hybridized carbons (Fsp3) is 0.0556. The Balaban J connectivity index is 2.05. The molecule has 0 radical (unpaired) electrons. The smallest absolute Gasteiger partial charge is 0.153 e. The van der Waals surface area contributed by atoms with Gasteiger partial charge in [0.15, 0.2) is 6.29 Å². The van der Waals surface area contributed by atoms with Gasteiger partial charge in [0.05, 0.1) is 12.7 Å². The summed E-state index contributed by atoms with van der Waals surface area (Å²) in [6.07, 6.45) is 0.815. The Bertz CT molecular complexity index is 740. The van der Waals surface area contributed by atoms with Crippen LogP contribution in [0.15, 0.2) is 65.1 Å². The predicted octanol–water partition coefficient (Wildman–Crippen LogP) is 4.43. The van der Waals surface area contributed by atoms with Gasteiger partial charge in [-0.1, -0.05) is 30.3 Å². The van der Waals surface area contributed by atoms with Gasteiger partial charge in [-0.05, 0) is 30.3 Å². The molecule has 0 aliphatic heterocycles. The average molecular weight is 278 g/mol. The number of rotatable bonds is 4. The second-order valence-electron chi connectivity index (χ2n) is 4.61. The first-order valence-corrected chi connectivity index (χ1v) is 6.60. The lowest BCUT2D eigenvalue weighted by Crippen LogP contribution is -1.84. The second-order valence-corrected chi connectivity index (χ2v) is 4.61. The number of carbonyl (C=O) groups is 1. The second kappa shape index (κ2) is 5.67. The molecule has 0 aliphatic rings. The molecule has 0 unspecified atom stereocenters. The Morgan fingerprint density at radius 3 is 2.29 bits per heavy atom. The molecule has 0 aliphatic carbocycles. The molecule has 3 rings (SSSR count). The van der Waals surface area contributed by atoms with Crippen molar-refractivity contribution in [3.05, 3.63) is 66.2 Å². The summed E-state index contributed by atoms with van der Waals surface area (Å²) in [7, 11) is 1.62. The zero-order valence-electron chi connectivity index (χ0n) is 11.6. The van der Waals surface area contributed by atoms with E-state index in [1.165, 1.54) is 0 Å². The summed E-state index contributed by atoms with van der Waals surface area (Å²) in [5.74, 6) is 2.02. The van der Waals surface area contributed by atoms with Crippen LogP contribution in [0.5, 0.6) is 5.75 Å². The molecule has 3 nitrogen and oxygen atoms in total. The van der Waals surface area contributed by atoms with Crippen LogP contribution in [0, 0.1) is 0 Å². The molecular formula is C18H14O3. The molecule has 0 atom stereocenters. The minimum atomic E-state index is 0.541. The van der Waals surface area contributed by atoms with Gasteiger partial charge in [0.25, 0.3) is 0 Å². The third kappa shape index (κ3) is 2.58. The summed E-state index contributed by atoms with van der Waals surface area (Å²) >= 11 is 0. The van der Waals surface area contributed by atoms with Gasteiger partial charge in [-0.25, -0.2) is 0 Å². The van der Waals surface area contributed by atoms with E-state index in [0.29, 0.717) is 17.1 Å². The van der Waals surface area contributed by atoms with E-state index in [9.17, 15) is 4.79 Å². The fourth-order valence-electron chi connectivity index (χ4n) is 2.21. The highest BCUT2D eigenvalue weighted by Gasteiger charge is 2.13. The largest absolute Gasteiger partial charge is 0.497 e. The Hall–Kier alpha value is -2.81. The predicted molar refractivity (Wildman–Crippen MR) is 81.5 cm³/mol. The number of benzene rings is 2. The highest BCUT2D eigenvalue weighted by atomic mass is 16.5. The maximum atomic E-state index is 11.3. The molecule has 0 spiro atoms. The van der Waals surface area contributed by atoms with E-state index >= 15 is 0 Å². The summed E-state index contributed by atoms with van der Waals surface area (Å²) < 4.78 is 11.0. The number of aldehydes is 1. The van der Waals surface area contributed by atoms with Crippen LogP contribution >= 0.6 is 0 Å². The third-order valence-corrected chi connectivity index (χ3v) is 3.30. The summed E-state index contributed by atoms with van der Waals surface area (Å²) in [5.41, 5.74) is 2.33. The van der Waals surface area contributed by atoms with Gasteiger partial charge in [0, 0.05) is 11.1 Å². The summed E-state index contributed by atoms with van der Waals surface area (Å²) in [6, 6.07) is 18.9. The molecule has 104 valence electrons. The van der Waals surface area contributed by atoms with E-state index in [-0.39, 0.29) is 0 Å². The van der Waals surface area contributed by atoms with Crippen LogP contribution < -0.4 is 4.74 Å². The van der Waals surface area contributed by atoms with E-state index in [2.05, 4.69) is 0 Å². The Labute approximate surface area is 122 Å². The molecule has 2 aromatic carbocycles. The van der Waals surface area contributed by atoms with Crippen LogP contribution in [0.3, 0.4) is 0 Å². The zero-order valence-corrected chi connectivity index (χ0v) is 11.6. The van der Waals surface area contributed by atoms with Crippen molar-refractivity contribution in [3.63, 3.8) is 0 Å². The zero-order chi connectivity index (χ0) is 14.7. The molecule has 0 saturated carbocycles.